The van der Waals surface area contributed by atoms with Crippen LogP contribution in [0.4, 0.5) is 0 Å². The number of aromatic amines is 1. The average molecular weight is 320 g/mol. The molecule has 3 aromatic rings. The maximum absolute atomic E-state index is 12.5. The molecule has 2 N–H and O–H groups in total. The topological polar surface area (TPSA) is 71.2 Å². The zero-order valence-electron chi connectivity index (χ0n) is 12.9. The van der Waals surface area contributed by atoms with Crippen molar-refractivity contribution in [3.63, 3.8) is 0 Å². The molecule has 1 unspecified atom stereocenters. The second-order valence-corrected chi connectivity index (χ2v) is 5.85. The molecule has 1 aliphatic heterocycles. The summed E-state index contributed by atoms with van der Waals surface area (Å²) in [5, 5.41) is 3.61. The fourth-order valence-electron chi connectivity index (χ4n) is 3.06. The fourth-order valence-corrected chi connectivity index (χ4v) is 3.06. The van der Waals surface area contributed by atoms with Crippen LogP contribution in [0, 0.1) is 0 Å². The second-order valence-electron chi connectivity index (χ2n) is 5.85. The van der Waals surface area contributed by atoms with Crippen molar-refractivity contribution in [3.05, 3.63) is 76.1 Å². The van der Waals surface area contributed by atoms with E-state index in [9.17, 15) is 9.59 Å². The largest absolute Gasteiger partial charge is 0.488 e. The summed E-state index contributed by atoms with van der Waals surface area (Å²) in [4.78, 5) is 27.0. The van der Waals surface area contributed by atoms with Gasteiger partial charge in [0.2, 0.25) is 5.56 Å². The van der Waals surface area contributed by atoms with Crippen LogP contribution in [-0.2, 0) is 6.42 Å². The maximum Gasteiger partial charge on any atom is 0.252 e. The minimum atomic E-state index is -0.289. The molecule has 5 nitrogen and oxygen atoms in total. The molecular weight excluding hydrogens is 304 g/mol. The van der Waals surface area contributed by atoms with Crippen molar-refractivity contribution in [1.29, 1.82) is 0 Å². The van der Waals surface area contributed by atoms with Crippen LogP contribution in [0.3, 0.4) is 0 Å². The molecule has 1 amide bonds. The van der Waals surface area contributed by atoms with Gasteiger partial charge in [-0.2, -0.15) is 0 Å². The van der Waals surface area contributed by atoms with Crippen molar-refractivity contribution in [1.82, 2.24) is 10.3 Å². The zero-order chi connectivity index (χ0) is 16.5. The van der Waals surface area contributed by atoms with E-state index in [0.717, 1.165) is 23.1 Å². The highest BCUT2D eigenvalue weighted by Gasteiger charge is 2.23. The van der Waals surface area contributed by atoms with Gasteiger partial charge < -0.3 is 15.0 Å². The van der Waals surface area contributed by atoms with Crippen molar-refractivity contribution < 1.29 is 9.53 Å². The van der Waals surface area contributed by atoms with E-state index in [0.29, 0.717) is 17.6 Å². The van der Waals surface area contributed by atoms with Crippen LogP contribution in [0.25, 0.3) is 10.9 Å². The third-order valence-corrected chi connectivity index (χ3v) is 4.20. The Morgan fingerprint density at radius 2 is 1.96 bits per heavy atom. The SMILES string of the molecule is O=C(NCC1Cc2ccccc2O1)c1cc(=O)[nH]c2ccccc12. The number of nitrogens with one attached hydrogen (secondary N) is 2. The quantitative estimate of drug-likeness (QED) is 0.777. The lowest BCUT2D eigenvalue weighted by Gasteiger charge is -2.12. The van der Waals surface area contributed by atoms with E-state index in [2.05, 4.69) is 10.3 Å². The number of benzene rings is 2. The molecule has 0 aliphatic carbocycles. The van der Waals surface area contributed by atoms with Gasteiger partial charge in [0.15, 0.2) is 0 Å². The fraction of sp³-hybridized carbons (Fsp3) is 0.158. The summed E-state index contributed by atoms with van der Waals surface area (Å²) >= 11 is 0. The Morgan fingerprint density at radius 1 is 1.17 bits per heavy atom. The van der Waals surface area contributed by atoms with Gasteiger partial charge >= 0.3 is 0 Å². The zero-order valence-corrected chi connectivity index (χ0v) is 12.9. The molecule has 0 radical (unpaired) electrons. The number of carbonyl (C=O) groups excluding carboxylic acids is 1. The van der Waals surface area contributed by atoms with Crippen LogP contribution in [0.1, 0.15) is 15.9 Å². The number of aromatic nitrogens is 1. The van der Waals surface area contributed by atoms with Gasteiger partial charge in [-0.3, -0.25) is 9.59 Å². The van der Waals surface area contributed by atoms with E-state index in [1.54, 1.807) is 6.07 Å². The molecule has 0 saturated heterocycles. The molecule has 120 valence electrons. The second kappa shape index (κ2) is 5.85. The molecule has 0 fully saturated rings. The highest BCUT2D eigenvalue weighted by molar-refractivity contribution is 6.05. The number of hydrogen-bond acceptors (Lipinski definition) is 3. The lowest BCUT2D eigenvalue weighted by atomic mass is 10.1. The monoisotopic (exact) mass is 320 g/mol. The maximum atomic E-state index is 12.5. The minimum Gasteiger partial charge on any atom is -0.488 e. The highest BCUT2D eigenvalue weighted by Crippen LogP contribution is 2.27. The van der Waals surface area contributed by atoms with Crippen LogP contribution in [-0.4, -0.2) is 23.5 Å². The summed E-state index contributed by atoms with van der Waals surface area (Å²) in [6.45, 7) is 0.397. The summed E-state index contributed by atoms with van der Waals surface area (Å²) in [5.74, 6) is 0.607. The predicted molar refractivity (Wildman–Crippen MR) is 91.5 cm³/mol. The summed E-state index contributed by atoms with van der Waals surface area (Å²) in [6, 6.07) is 16.5. The van der Waals surface area contributed by atoms with Crippen LogP contribution < -0.4 is 15.6 Å². The van der Waals surface area contributed by atoms with Gasteiger partial charge in [0.1, 0.15) is 11.9 Å². The van der Waals surface area contributed by atoms with Crippen molar-refractivity contribution in [2.45, 2.75) is 12.5 Å². The van der Waals surface area contributed by atoms with E-state index in [1.165, 1.54) is 6.07 Å². The lowest BCUT2D eigenvalue weighted by molar-refractivity contribution is 0.0935. The summed E-state index contributed by atoms with van der Waals surface area (Å²) in [7, 11) is 0. The molecule has 24 heavy (non-hydrogen) atoms. The number of H-pyrrole nitrogens is 1. The molecule has 0 bridgehead atoms. The molecule has 0 saturated carbocycles. The van der Waals surface area contributed by atoms with Gasteiger partial charge in [-0.05, 0) is 17.7 Å². The Hall–Kier alpha value is -3.08. The number of rotatable bonds is 3. The van der Waals surface area contributed by atoms with Gasteiger partial charge in [0, 0.05) is 23.4 Å². The van der Waals surface area contributed by atoms with Gasteiger partial charge in [-0.1, -0.05) is 36.4 Å². The number of para-hydroxylation sites is 2. The van der Waals surface area contributed by atoms with Crippen molar-refractivity contribution >= 4 is 16.8 Å². The molecule has 1 atom stereocenters. The molecule has 5 heteroatoms. The normalized spacial score (nSPS) is 15.8. The van der Waals surface area contributed by atoms with E-state index >= 15 is 0 Å². The summed E-state index contributed by atoms with van der Waals surface area (Å²) in [5.41, 5.74) is 1.89. The number of amides is 1. The molecule has 2 aromatic carbocycles. The van der Waals surface area contributed by atoms with Gasteiger partial charge in [-0.25, -0.2) is 0 Å². The van der Waals surface area contributed by atoms with Gasteiger partial charge in [-0.15, -0.1) is 0 Å². The Balaban J connectivity index is 1.51. The summed E-state index contributed by atoms with van der Waals surface area (Å²) < 4.78 is 5.82. The van der Waals surface area contributed by atoms with Gasteiger partial charge in [0.05, 0.1) is 12.1 Å². The number of pyridine rings is 1. The number of ether oxygens (including phenoxy) is 1. The van der Waals surface area contributed by atoms with E-state index in [1.807, 2.05) is 42.5 Å². The third kappa shape index (κ3) is 2.65. The van der Waals surface area contributed by atoms with Crippen molar-refractivity contribution in [3.8, 4) is 5.75 Å². The van der Waals surface area contributed by atoms with Gasteiger partial charge in [0.25, 0.3) is 5.91 Å². The average Bonchev–Trinajstić information content (AvgIpc) is 3.02. The number of carbonyl (C=O) groups is 1. The molecular formula is C19H16N2O3. The van der Waals surface area contributed by atoms with Crippen LogP contribution in [0.5, 0.6) is 5.75 Å². The first kappa shape index (κ1) is 14.5. The van der Waals surface area contributed by atoms with Crippen molar-refractivity contribution in [2.75, 3.05) is 6.54 Å². The summed E-state index contributed by atoms with van der Waals surface area (Å²) in [6.07, 6.45) is 0.687. The Labute approximate surface area is 138 Å². The smallest absolute Gasteiger partial charge is 0.252 e. The minimum absolute atomic E-state index is 0.0837. The first-order valence-electron chi connectivity index (χ1n) is 7.85. The Kier molecular flexibility index (Phi) is 3.54. The first-order valence-corrected chi connectivity index (χ1v) is 7.85. The van der Waals surface area contributed by atoms with Crippen LogP contribution in [0.15, 0.2) is 59.4 Å². The predicted octanol–water partition coefficient (Wildman–Crippen LogP) is 2.26. The third-order valence-electron chi connectivity index (χ3n) is 4.20. The molecule has 2 heterocycles. The van der Waals surface area contributed by atoms with E-state index in [4.69, 9.17) is 4.74 Å². The number of fused-ring (bicyclic) bond motifs is 2. The van der Waals surface area contributed by atoms with E-state index in [-0.39, 0.29) is 17.6 Å². The Bertz CT molecular complexity index is 953. The van der Waals surface area contributed by atoms with E-state index < -0.39 is 0 Å². The molecule has 1 aliphatic rings. The van der Waals surface area contributed by atoms with Crippen LogP contribution >= 0.6 is 0 Å². The lowest BCUT2D eigenvalue weighted by Crippen LogP contribution is -2.35. The standard InChI is InChI=1S/C19H16N2O3/c22-18-10-15(14-6-2-3-7-16(14)21-18)19(23)20-11-13-9-12-5-1-4-8-17(12)24-13/h1-8,10,13H,9,11H2,(H,20,23)(H,21,22). The molecule has 4 rings (SSSR count). The molecule has 1 aromatic heterocycles. The first-order chi connectivity index (χ1) is 11.7. The highest BCUT2D eigenvalue weighted by atomic mass is 16.5. The molecule has 0 spiro atoms. The van der Waals surface area contributed by atoms with Crippen molar-refractivity contribution in [2.24, 2.45) is 0 Å². The number of hydrogen-bond donors (Lipinski definition) is 2. The van der Waals surface area contributed by atoms with Crippen LogP contribution in [0.2, 0.25) is 0 Å². The Morgan fingerprint density at radius 3 is 2.83 bits per heavy atom.